The average molecular weight is 222 g/mol. The first-order valence-corrected chi connectivity index (χ1v) is 5.82. The van der Waals surface area contributed by atoms with Crippen LogP contribution in [0.3, 0.4) is 0 Å². The highest BCUT2D eigenvalue weighted by molar-refractivity contribution is 5.08. The number of nitrogens with one attached hydrogen (secondary N) is 2. The van der Waals surface area contributed by atoms with Crippen molar-refractivity contribution < 1.29 is 0 Å². The van der Waals surface area contributed by atoms with E-state index in [2.05, 4.69) is 50.6 Å². The number of rotatable bonds is 8. The summed E-state index contributed by atoms with van der Waals surface area (Å²) in [4.78, 5) is 0. The summed E-state index contributed by atoms with van der Waals surface area (Å²) in [5.41, 5.74) is 2.37. The smallest absolute Gasteiger partial charge is 0.0125 e. The molecule has 0 rings (SSSR count). The van der Waals surface area contributed by atoms with Crippen molar-refractivity contribution in [3.63, 3.8) is 0 Å². The number of allylic oxidation sites excluding steroid dienone is 3. The second-order valence-corrected chi connectivity index (χ2v) is 4.78. The Bertz CT molecular complexity index is 262. The van der Waals surface area contributed by atoms with Crippen molar-refractivity contribution in [1.82, 2.24) is 10.6 Å². The molecule has 0 atom stereocenters. The van der Waals surface area contributed by atoms with Gasteiger partial charge in [0, 0.05) is 23.4 Å². The maximum Gasteiger partial charge on any atom is 0.0125 e. The highest BCUT2D eigenvalue weighted by Gasteiger charge is 2.12. The molecule has 0 aromatic rings. The number of hydrogen-bond acceptors (Lipinski definition) is 2. The molecule has 0 aromatic carbocycles. The molecule has 2 heteroatoms. The first-order valence-electron chi connectivity index (χ1n) is 5.82. The van der Waals surface area contributed by atoms with Gasteiger partial charge in [0.15, 0.2) is 0 Å². The molecule has 0 aliphatic carbocycles. The van der Waals surface area contributed by atoms with Crippen LogP contribution in [-0.2, 0) is 0 Å². The monoisotopic (exact) mass is 222 g/mol. The van der Waals surface area contributed by atoms with Crippen molar-refractivity contribution in [3.8, 4) is 0 Å². The topological polar surface area (TPSA) is 24.1 Å². The van der Waals surface area contributed by atoms with Gasteiger partial charge in [0.2, 0.25) is 0 Å². The zero-order valence-electron chi connectivity index (χ0n) is 11.2. The number of hydrogen-bond donors (Lipinski definition) is 2. The molecule has 92 valence electrons. The molecule has 0 fully saturated rings. The SMILES string of the molecule is C=CCC(=C)N/C(C)=C/CCC(C)(C)NC. The summed E-state index contributed by atoms with van der Waals surface area (Å²) in [7, 11) is 2.00. The van der Waals surface area contributed by atoms with E-state index in [9.17, 15) is 0 Å². The van der Waals surface area contributed by atoms with Gasteiger partial charge in [-0.1, -0.05) is 18.7 Å². The molecule has 0 heterocycles. The molecule has 0 amide bonds. The minimum atomic E-state index is 0.203. The van der Waals surface area contributed by atoms with Gasteiger partial charge >= 0.3 is 0 Å². The fourth-order valence-corrected chi connectivity index (χ4v) is 1.33. The van der Waals surface area contributed by atoms with E-state index in [-0.39, 0.29) is 5.54 Å². The normalized spacial score (nSPS) is 12.4. The third-order valence-corrected chi connectivity index (χ3v) is 2.66. The summed E-state index contributed by atoms with van der Waals surface area (Å²) < 4.78 is 0. The van der Waals surface area contributed by atoms with E-state index in [0.717, 1.165) is 25.0 Å². The lowest BCUT2D eigenvalue weighted by Crippen LogP contribution is -2.35. The molecule has 16 heavy (non-hydrogen) atoms. The lowest BCUT2D eigenvalue weighted by Gasteiger charge is -2.23. The molecule has 0 saturated carbocycles. The van der Waals surface area contributed by atoms with E-state index in [1.54, 1.807) is 0 Å². The van der Waals surface area contributed by atoms with E-state index < -0.39 is 0 Å². The largest absolute Gasteiger partial charge is 0.363 e. The Labute approximate surface area is 101 Å². The lowest BCUT2D eigenvalue weighted by molar-refractivity contribution is 0.396. The molecule has 2 nitrogen and oxygen atoms in total. The molecule has 0 aliphatic rings. The van der Waals surface area contributed by atoms with Crippen molar-refractivity contribution >= 4 is 0 Å². The van der Waals surface area contributed by atoms with Gasteiger partial charge in [-0.3, -0.25) is 0 Å². The van der Waals surface area contributed by atoms with E-state index in [0.29, 0.717) is 0 Å². The molecule has 0 spiro atoms. The van der Waals surface area contributed by atoms with Crippen LogP contribution in [0.2, 0.25) is 0 Å². The van der Waals surface area contributed by atoms with Crippen LogP contribution in [0.15, 0.2) is 36.7 Å². The summed E-state index contributed by atoms with van der Waals surface area (Å²) >= 11 is 0. The molecule has 2 N–H and O–H groups in total. The Balaban J connectivity index is 3.96. The molecule has 0 aromatic heterocycles. The molecular formula is C14H26N2. The van der Waals surface area contributed by atoms with Gasteiger partial charge in [-0.15, -0.1) is 6.58 Å². The van der Waals surface area contributed by atoms with Crippen molar-refractivity contribution in [2.75, 3.05) is 7.05 Å². The fourth-order valence-electron chi connectivity index (χ4n) is 1.33. The predicted octanol–water partition coefficient (Wildman–Crippen LogP) is 3.35. The third-order valence-electron chi connectivity index (χ3n) is 2.66. The Hall–Kier alpha value is -1.02. The van der Waals surface area contributed by atoms with Crippen LogP contribution < -0.4 is 10.6 Å². The van der Waals surface area contributed by atoms with E-state index in [1.165, 1.54) is 5.70 Å². The van der Waals surface area contributed by atoms with Gasteiger partial charge in [-0.05, 0) is 40.7 Å². The van der Waals surface area contributed by atoms with Crippen LogP contribution in [-0.4, -0.2) is 12.6 Å². The van der Waals surface area contributed by atoms with Crippen LogP contribution in [0.5, 0.6) is 0 Å². The zero-order chi connectivity index (χ0) is 12.6. The van der Waals surface area contributed by atoms with Crippen LogP contribution in [0.1, 0.15) is 40.0 Å². The molecule has 0 saturated heterocycles. The van der Waals surface area contributed by atoms with E-state index in [4.69, 9.17) is 0 Å². The summed E-state index contributed by atoms with van der Waals surface area (Å²) in [5.74, 6) is 0. The van der Waals surface area contributed by atoms with E-state index in [1.807, 2.05) is 13.1 Å². The Morgan fingerprint density at radius 3 is 2.50 bits per heavy atom. The van der Waals surface area contributed by atoms with Gasteiger partial charge in [0.25, 0.3) is 0 Å². The minimum Gasteiger partial charge on any atom is -0.363 e. The third kappa shape index (κ3) is 7.30. The fraction of sp³-hybridized carbons (Fsp3) is 0.571. The second kappa shape index (κ2) is 7.29. The van der Waals surface area contributed by atoms with Gasteiger partial charge in [-0.2, -0.15) is 0 Å². The lowest BCUT2D eigenvalue weighted by atomic mass is 9.98. The molecule has 0 radical (unpaired) electrons. The first kappa shape index (κ1) is 15.0. The highest BCUT2D eigenvalue weighted by Crippen LogP contribution is 2.11. The summed E-state index contributed by atoms with van der Waals surface area (Å²) in [6.45, 7) is 14.1. The molecule has 0 unspecified atom stereocenters. The van der Waals surface area contributed by atoms with Crippen molar-refractivity contribution in [3.05, 3.63) is 36.7 Å². The zero-order valence-corrected chi connectivity index (χ0v) is 11.2. The quantitative estimate of drug-likeness (QED) is 0.615. The highest BCUT2D eigenvalue weighted by atomic mass is 14.9. The maximum atomic E-state index is 3.92. The van der Waals surface area contributed by atoms with Crippen molar-refractivity contribution in [1.29, 1.82) is 0 Å². The van der Waals surface area contributed by atoms with Crippen LogP contribution in [0.25, 0.3) is 0 Å². The van der Waals surface area contributed by atoms with Gasteiger partial charge < -0.3 is 10.6 Å². The molecule has 0 bridgehead atoms. The van der Waals surface area contributed by atoms with Gasteiger partial charge in [-0.25, -0.2) is 0 Å². The summed E-state index contributed by atoms with van der Waals surface area (Å²) in [6.07, 6.45) is 7.07. The Kier molecular flexibility index (Phi) is 6.82. The Morgan fingerprint density at radius 2 is 2.00 bits per heavy atom. The van der Waals surface area contributed by atoms with Crippen molar-refractivity contribution in [2.24, 2.45) is 0 Å². The van der Waals surface area contributed by atoms with Crippen LogP contribution in [0.4, 0.5) is 0 Å². The van der Waals surface area contributed by atoms with Crippen LogP contribution in [0, 0.1) is 0 Å². The second-order valence-electron chi connectivity index (χ2n) is 4.78. The van der Waals surface area contributed by atoms with Crippen LogP contribution >= 0.6 is 0 Å². The van der Waals surface area contributed by atoms with E-state index >= 15 is 0 Å². The average Bonchev–Trinajstić information content (AvgIpc) is 2.17. The van der Waals surface area contributed by atoms with Crippen molar-refractivity contribution in [2.45, 2.75) is 45.6 Å². The maximum absolute atomic E-state index is 3.92. The summed E-state index contributed by atoms with van der Waals surface area (Å²) in [6, 6.07) is 0. The molecule has 0 aliphatic heterocycles. The first-order chi connectivity index (χ1) is 7.41. The van der Waals surface area contributed by atoms with Gasteiger partial charge in [0.05, 0.1) is 0 Å². The standard InChI is InChI=1S/C14H26N2/c1-7-9-12(2)16-13(3)10-8-11-14(4,5)15-6/h7,10,15-16H,1-2,8-9,11H2,3-6H3/b13-10+. The summed E-state index contributed by atoms with van der Waals surface area (Å²) in [5, 5.41) is 6.56. The predicted molar refractivity (Wildman–Crippen MR) is 73.2 cm³/mol. The van der Waals surface area contributed by atoms with Gasteiger partial charge in [0.1, 0.15) is 0 Å². The molecular weight excluding hydrogens is 196 g/mol. The Morgan fingerprint density at radius 1 is 1.38 bits per heavy atom. The minimum absolute atomic E-state index is 0.203.